The van der Waals surface area contributed by atoms with E-state index in [9.17, 15) is 9.90 Å². The molecule has 0 unspecified atom stereocenters. The second-order valence-corrected chi connectivity index (χ2v) is 2.89. The van der Waals surface area contributed by atoms with Crippen molar-refractivity contribution < 1.29 is 14.6 Å². The van der Waals surface area contributed by atoms with Crippen molar-refractivity contribution in [1.82, 2.24) is 5.32 Å². The van der Waals surface area contributed by atoms with Crippen molar-refractivity contribution in [2.45, 2.75) is 31.9 Å². The minimum Gasteiger partial charge on any atom is -0.465 e. The predicted molar refractivity (Wildman–Crippen MR) is 43.7 cm³/mol. The lowest BCUT2D eigenvalue weighted by Gasteiger charge is -2.26. The average Bonchev–Trinajstić information content (AvgIpc) is 2.05. The molecule has 1 fully saturated rings. The molecule has 1 saturated heterocycles. The lowest BCUT2D eigenvalue weighted by Crippen LogP contribution is -2.50. The number of hydrogen-bond acceptors (Lipinski definition) is 4. The lowest BCUT2D eigenvalue weighted by atomic mass is 10.0. The second-order valence-electron chi connectivity index (χ2n) is 2.89. The van der Waals surface area contributed by atoms with Crippen LogP contribution < -0.4 is 5.32 Å². The number of aliphatic hydroxyl groups is 1. The van der Waals surface area contributed by atoms with Gasteiger partial charge in [0.15, 0.2) is 0 Å². The van der Waals surface area contributed by atoms with Crippen molar-refractivity contribution in [3.8, 4) is 0 Å². The number of nitrogens with one attached hydrogen (secondary N) is 1. The molecule has 2 N–H and O–H groups in total. The molecule has 0 spiro atoms. The molecular weight excluding hydrogens is 158 g/mol. The zero-order valence-electron chi connectivity index (χ0n) is 7.25. The Kier molecular flexibility index (Phi) is 3.49. The van der Waals surface area contributed by atoms with E-state index in [0.29, 0.717) is 13.0 Å². The SMILES string of the molecule is CCOC(=O)[C@H]1NCCC[C@H]1O. The highest BCUT2D eigenvalue weighted by Crippen LogP contribution is 2.09. The number of ether oxygens (including phenoxy) is 1. The van der Waals surface area contributed by atoms with E-state index in [2.05, 4.69) is 5.32 Å². The standard InChI is InChI=1S/C8H15NO3/c1-2-12-8(11)7-6(10)4-3-5-9-7/h6-7,9-10H,2-5H2,1H3/t6-,7+/m1/s1. The van der Waals surface area contributed by atoms with Crippen LogP contribution in [0.1, 0.15) is 19.8 Å². The Bertz CT molecular complexity index is 160. The Hall–Kier alpha value is -0.610. The van der Waals surface area contributed by atoms with Gasteiger partial charge in [-0.1, -0.05) is 0 Å². The predicted octanol–water partition coefficient (Wildman–Crippen LogP) is -0.338. The van der Waals surface area contributed by atoms with E-state index in [-0.39, 0.29) is 5.97 Å². The van der Waals surface area contributed by atoms with Crippen molar-refractivity contribution in [3.63, 3.8) is 0 Å². The molecule has 0 bridgehead atoms. The van der Waals surface area contributed by atoms with Crippen LogP contribution >= 0.6 is 0 Å². The third-order valence-electron chi connectivity index (χ3n) is 1.97. The zero-order chi connectivity index (χ0) is 8.97. The lowest BCUT2D eigenvalue weighted by molar-refractivity contribution is -0.149. The maximum atomic E-state index is 11.2. The van der Waals surface area contributed by atoms with Gasteiger partial charge in [0.25, 0.3) is 0 Å². The highest BCUT2D eigenvalue weighted by molar-refractivity contribution is 5.76. The normalized spacial score (nSPS) is 29.8. The molecule has 12 heavy (non-hydrogen) atoms. The topological polar surface area (TPSA) is 58.6 Å². The van der Waals surface area contributed by atoms with Gasteiger partial charge in [-0.05, 0) is 26.3 Å². The Morgan fingerprint density at radius 1 is 1.75 bits per heavy atom. The summed E-state index contributed by atoms with van der Waals surface area (Å²) in [7, 11) is 0. The molecule has 0 amide bonds. The molecule has 4 nitrogen and oxygen atoms in total. The van der Waals surface area contributed by atoms with E-state index < -0.39 is 12.1 Å². The first-order chi connectivity index (χ1) is 5.75. The fraction of sp³-hybridized carbons (Fsp3) is 0.875. The Morgan fingerprint density at radius 2 is 2.50 bits per heavy atom. The van der Waals surface area contributed by atoms with Gasteiger partial charge in [-0.2, -0.15) is 0 Å². The maximum absolute atomic E-state index is 11.2. The quantitative estimate of drug-likeness (QED) is 0.561. The van der Waals surface area contributed by atoms with Crippen LogP contribution in [0.3, 0.4) is 0 Å². The summed E-state index contributed by atoms with van der Waals surface area (Å²) >= 11 is 0. The number of esters is 1. The van der Waals surface area contributed by atoms with Crippen molar-refractivity contribution in [3.05, 3.63) is 0 Å². The summed E-state index contributed by atoms with van der Waals surface area (Å²) in [5, 5.41) is 12.3. The van der Waals surface area contributed by atoms with Crippen molar-refractivity contribution in [1.29, 1.82) is 0 Å². The highest BCUT2D eigenvalue weighted by atomic mass is 16.5. The van der Waals surface area contributed by atoms with E-state index in [1.165, 1.54) is 0 Å². The first-order valence-electron chi connectivity index (χ1n) is 4.33. The number of rotatable bonds is 2. The average molecular weight is 173 g/mol. The van der Waals surface area contributed by atoms with Crippen LogP contribution in [0.2, 0.25) is 0 Å². The van der Waals surface area contributed by atoms with Crippen LogP contribution in [0, 0.1) is 0 Å². The number of carbonyl (C=O) groups is 1. The molecular formula is C8H15NO3. The van der Waals surface area contributed by atoms with Crippen LogP contribution in [0.15, 0.2) is 0 Å². The van der Waals surface area contributed by atoms with Crippen LogP contribution in [0.4, 0.5) is 0 Å². The summed E-state index contributed by atoms with van der Waals surface area (Å²) in [6.07, 6.45) is 1.01. The summed E-state index contributed by atoms with van der Waals surface area (Å²) in [5.74, 6) is -0.343. The zero-order valence-corrected chi connectivity index (χ0v) is 7.25. The molecule has 0 aromatic heterocycles. The number of piperidine rings is 1. The minimum absolute atomic E-state index is 0.343. The van der Waals surface area contributed by atoms with Crippen LogP contribution in [-0.2, 0) is 9.53 Å². The summed E-state index contributed by atoms with van der Waals surface area (Å²) < 4.78 is 4.79. The second kappa shape index (κ2) is 4.42. The fourth-order valence-corrected chi connectivity index (χ4v) is 1.34. The van der Waals surface area contributed by atoms with E-state index in [0.717, 1.165) is 13.0 Å². The summed E-state index contributed by atoms with van der Waals surface area (Å²) in [6, 6.07) is -0.515. The van der Waals surface area contributed by atoms with Crippen LogP contribution in [0.5, 0.6) is 0 Å². The van der Waals surface area contributed by atoms with Gasteiger partial charge >= 0.3 is 5.97 Å². The van der Waals surface area contributed by atoms with Gasteiger partial charge in [0.1, 0.15) is 6.04 Å². The molecule has 0 aromatic carbocycles. The highest BCUT2D eigenvalue weighted by Gasteiger charge is 2.29. The molecule has 1 rings (SSSR count). The van der Waals surface area contributed by atoms with Gasteiger partial charge in [-0.25, -0.2) is 0 Å². The van der Waals surface area contributed by atoms with Gasteiger partial charge in [0.2, 0.25) is 0 Å². The molecule has 1 heterocycles. The molecule has 0 aliphatic carbocycles. The van der Waals surface area contributed by atoms with Crippen LogP contribution in [-0.4, -0.2) is 36.4 Å². The van der Waals surface area contributed by atoms with Gasteiger partial charge in [-0.3, -0.25) is 4.79 Å². The largest absolute Gasteiger partial charge is 0.465 e. The Balaban J connectivity index is 2.42. The number of aliphatic hydroxyl groups excluding tert-OH is 1. The van der Waals surface area contributed by atoms with Crippen molar-refractivity contribution in [2.75, 3.05) is 13.2 Å². The smallest absolute Gasteiger partial charge is 0.325 e. The first kappa shape index (κ1) is 9.48. The molecule has 4 heteroatoms. The summed E-state index contributed by atoms with van der Waals surface area (Å²) in [6.45, 7) is 2.90. The minimum atomic E-state index is -0.585. The van der Waals surface area contributed by atoms with E-state index >= 15 is 0 Å². The van der Waals surface area contributed by atoms with Crippen molar-refractivity contribution in [2.24, 2.45) is 0 Å². The van der Waals surface area contributed by atoms with Gasteiger partial charge in [0.05, 0.1) is 12.7 Å². The van der Waals surface area contributed by atoms with Crippen LogP contribution in [0.25, 0.3) is 0 Å². The number of carbonyl (C=O) groups excluding carboxylic acids is 1. The first-order valence-corrected chi connectivity index (χ1v) is 4.33. The monoisotopic (exact) mass is 173 g/mol. The van der Waals surface area contributed by atoms with Gasteiger partial charge < -0.3 is 15.2 Å². The maximum Gasteiger partial charge on any atom is 0.325 e. The Morgan fingerprint density at radius 3 is 3.08 bits per heavy atom. The molecule has 0 radical (unpaired) electrons. The fourth-order valence-electron chi connectivity index (χ4n) is 1.34. The molecule has 0 aromatic rings. The summed E-state index contributed by atoms with van der Waals surface area (Å²) in [5.41, 5.74) is 0. The number of hydrogen-bond donors (Lipinski definition) is 2. The molecule has 70 valence electrons. The third kappa shape index (κ3) is 2.19. The molecule has 2 atom stereocenters. The molecule has 1 aliphatic rings. The summed E-state index contributed by atoms with van der Waals surface area (Å²) in [4.78, 5) is 11.2. The van der Waals surface area contributed by atoms with Gasteiger partial charge in [-0.15, -0.1) is 0 Å². The van der Waals surface area contributed by atoms with Crippen molar-refractivity contribution >= 4 is 5.97 Å². The van der Waals surface area contributed by atoms with Gasteiger partial charge in [0, 0.05) is 0 Å². The third-order valence-corrected chi connectivity index (χ3v) is 1.97. The molecule has 0 saturated carbocycles. The molecule has 1 aliphatic heterocycles. The van der Waals surface area contributed by atoms with E-state index in [1.54, 1.807) is 6.92 Å². The Labute approximate surface area is 71.9 Å². The van der Waals surface area contributed by atoms with E-state index in [1.807, 2.05) is 0 Å². The van der Waals surface area contributed by atoms with E-state index in [4.69, 9.17) is 4.74 Å².